The van der Waals surface area contributed by atoms with E-state index in [1.54, 1.807) is 32.4 Å². The molecule has 0 bridgehead atoms. The summed E-state index contributed by atoms with van der Waals surface area (Å²) in [4.78, 5) is 10.8. The number of hydrogen-bond donors (Lipinski definition) is 0. The van der Waals surface area contributed by atoms with Crippen molar-refractivity contribution in [1.29, 1.82) is 0 Å². The van der Waals surface area contributed by atoms with Gasteiger partial charge in [-0.3, -0.25) is 4.79 Å². The van der Waals surface area contributed by atoms with Gasteiger partial charge >= 0.3 is 0 Å². The Kier molecular flexibility index (Phi) is 5.03. The minimum absolute atomic E-state index is 0.203. The molecule has 92 valence electrons. The predicted octanol–water partition coefficient (Wildman–Crippen LogP) is 2.65. The van der Waals surface area contributed by atoms with Crippen LogP contribution in [0.5, 0.6) is 17.2 Å². The number of allylic oxidation sites excluding steroid dienone is 1. The van der Waals surface area contributed by atoms with E-state index in [0.29, 0.717) is 17.2 Å². The van der Waals surface area contributed by atoms with E-state index in [1.807, 2.05) is 0 Å². The molecular formula is C12H13BrO4. The normalized spacial score (nSPS) is 10.4. The lowest BCUT2D eigenvalue weighted by Gasteiger charge is -2.12. The zero-order chi connectivity index (χ0) is 12.8. The van der Waals surface area contributed by atoms with Crippen molar-refractivity contribution in [3.8, 4) is 17.2 Å². The van der Waals surface area contributed by atoms with Gasteiger partial charge in [-0.25, -0.2) is 0 Å². The molecule has 4 nitrogen and oxygen atoms in total. The van der Waals surface area contributed by atoms with Gasteiger partial charge in [0.2, 0.25) is 10.4 Å². The average molecular weight is 301 g/mol. The molecule has 0 N–H and O–H groups in total. The van der Waals surface area contributed by atoms with E-state index in [2.05, 4.69) is 15.9 Å². The van der Waals surface area contributed by atoms with Crippen LogP contribution in [-0.2, 0) is 4.79 Å². The summed E-state index contributed by atoms with van der Waals surface area (Å²) in [5.74, 6) is 1.62. The Morgan fingerprint density at radius 1 is 1.12 bits per heavy atom. The quantitative estimate of drug-likeness (QED) is 0.619. The molecule has 1 aromatic rings. The summed E-state index contributed by atoms with van der Waals surface area (Å²) >= 11 is 2.82. The minimum Gasteiger partial charge on any atom is -0.493 e. The second kappa shape index (κ2) is 6.30. The Labute approximate surface area is 108 Å². The molecule has 0 radical (unpaired) electrons. The minimum atomic E-state index is -0.203. The van der Waals surface area contributed by atoms with Crippen LogP contribution in [0.4, 0.5) is 0 Å². The summed E-state index contributed by atoms with van der Waals surface area (Å²) in [7, 11) is 4.62. The number of benzene rings is 1. The number of rotatable bonds is 5. The van der Waals surface area contributed by atoms with Crippen molar-refractivity contribution in [1.82, 2.24) is 0 Å². The molecule has 0 heterocycles. The van der Waals surface area contributed by atoms with Crippen molar-refractivity contribution in [2.75, 3.05) is 21.3 Å². The average Bonchev–Trinajstić information content (AvgIpc) is 2.34. The molecule has 0 saturated heterocycles. The van der Waals surface area contributed by atoms with Gasteiger partial charge in [-0.2, -0.15) is 0 Å². The van der Waals surface area contributed by atoms with Crippen molar-refractivity contribution < 1.29 is 19.0 Å². The first-order valence-corrected chi connectivity index (χ1v) is 5.59. The number of methoxy groups -OCH3 is 3. The molecule has 5 heteroatoms. The summed E-state index contributed by atoms with van der Waals surface area (Å²) < 4.78 is 15.4. The van der Waals surface area contributed by atoms with Crippen molar-refractivity contribution >= 4 is 26.7 Å². The summed E-state index contributed by atoms with van der Waals surface area (Å²) in [6.45, 7) is 0. The van der Waals surface area contributed by atoms with Gasteiger partial charge in [0, 0.05) is 0 Å². The van der Waals surface area contributed by atoms with Crippen LogP contribution in [-0.4, -0.2) is 26.0 Å². The van der Waals surface area contributed by atoms with Gasteiger partial charge < -0.3 is 14.2 Å². The maximum Gasteiger partial charge on any atom is 0.220 e. The SMILES string of the molecule is COc1cc(C=CC(=O)Br)cc(OC)c1OC. The highest BCUT2D eigenvalue weighted by Gasteiger charge is 2.11. The molecule has 17 heavy (non-hydrogen) atoms. The van der Waals surface area contributed by atoms with Crippen molar-refractivity contribution in [3.05, 3.63) is 23.8 Å². The summed E-state index contributed by atoms with van der Waals surface area (Å²) in [5, 5.41) is 0. The molecule has 0 aliphatic heterocycles. The van der Waals surface area contributed by atoms with E-state index in [4.69, 9.17) is 14.2 Å². The van der Waals surface area contributed by atoms with Crippen LogP contribution in [0.3, 0.4) is 0 Å². The Hall–Kier alpha value is -1.49. The zero-order valence-electron chi connectivity index (χ0n) is 9.82. The van der Waals surface area contributed by atoms with E-state index >= 15 is 0 Å². The molecule has 0 aliphatic carbocycles. The fourth-order valence-corrected chi connectivity index (χ4v) is 1.49. The van der Waals surface area contributed by atoms with Crippen molar-refractivity contribution in [2.24, 2.45) is 0 Å². The summed E-state index contributed by atoms with van der Waals surface area (Å²) in [6.07, 6.45) is 3.06. The molecule has 0 aliphatic rings. The smallest absolute Gasteiger partial charge is 0.220 e. The first-order valence-electron chi connectivity index (χ1n) is 4.80. The third-order valence-electron chi connectivity index (χ3n) is 2.09. The van der Waals surface area contributed by atoms with E-state index in [-0.39, 0.29) is 4.69 Å². The van der Waals surface area contributed by atoms with E-state index in [1.165, 1.54) is 13.2 Å². The molecule has 0 spiro atoms. The second-order valence-corrected chi connectivity index (χ2v) is 3.88. The summed E-state index contributed by atoms with van der Waals surface area (Å²) in [5.41, 5.74) is 0.785. The maximum atomic E-state index is 10.8. The van der Waals surface area contributed by atoms with Crippen molar-refractivity contribution in [2.45, 2.75) is 0 Å². The van der Waals surface area contributed by atoms with E-state index in [9.17, 15) is 4.79 Å². The van der Waals surface area contributed by atoms with Crippen LogP contribution in [0, 0.1) is 0 Å². The largest absolute Gasteiger partial charge is 0.493 e. The van der Waals surface area contributed by atoms with Crippen LogP contribution < -0.4 is 14.2 Å². The number of carbonyl (C=O) groups is 1. The topological polar surface area (TPSA) is 44.8 Å². The molecule has 1 rings (SSSR count). The summed E-state index contributed by atoms with van der Waals surface area (Å²) in [6, 6.07) is 3.52. The Bertz CT molecular complexity index is 415. The van der Waals surface area contributed by atoms with Gasteiger partial charge in [-0.05, 0) is 39.7 Å². The molecule has 0 aromatic heterocycles. The molecule has 0 amide bonds. The lowest BCUT2D eigenvalue weighted by molar-refractivity contribution is -0.106. The highest BCUT2D eigenvalue weighted by atomic mass is 79.9. The van der Waals surface area contributed by atoms with E-state index in [0.717, 1.165) is 5.56 Å². The molecule has 0 atom stereocenters. The molecule has 0 fully saturated rings. The molecular weight excluding hydrogens is 288 g/mol. The van der Waals surface area contributed by atoms with E-state index < -0.39 is 0 Å². The molecule has 0 saturated carbocycles. The van der Waals surface area contributed by atoms with Crippen LogP contribution in [0.1, 0.15) is 5.56 Å². The zero-order valence-corrected chi connectivity index (χ0v) is 11.4. The van der Waals surface area contributed by atoms with Gasteiger partial charge in [0.15, 0.2) is 11.5 Å². The Balaban J connectivity index is 3.22. The number of halogens is 1. The fourth-order valence-electron chi connectivity index (χ4n) is 1.36. The van der Waals surface area contributed by atoms with Crippen LogP contribution >= 0.6 is 15.9 Å². The third-order valence-corrected chi connectivity index (χ3v) is 2.36. The monoisotopic (exact) mass is 300 g/mol. The van der Waals surface area contributed by atoms with Crippen LogP contribution in [0.2, 0.25) is 0 Å². The molecule has 0 unspecified atom stereocenters. The maximum absolute atomic E-state index is 10.8. The lowest BCUT2D eigenvalue weighted by Crippen LogP contribution is -1.95. The standard InChI is InChI=1S/C12H13BrO4/c1-15-9-6-8(4-5-11(13)14)7-10(16-2)12(9)17-3/h4-7H,1-3H3. The van der Waals surface area contributed by atoms with Gasteiger partial charge in [0.25, 0.3) is 0 Å². The van der Waals surface area contributed by atoms with Gasteiger partial charge in [0.1, 0.15) is 0 Å². The van der Waals surface area contributed by atoms with Crippen molar-refractivity contribution in [3.63, 3.8) is 0 Å². The number of ether oxygens (including phenoxy) is 3. The first kappa shape index (κ1) is 13.6. The van der Waals surface area contributed by atoms with Crippen LogP contribution in [0.15, 0.2) is 18.2 Å². The Morgan fingerprint density at radius 3 is 2.00 bits per heavy atom. The predicted molar refractivity (Wildman–Crippen MR) is 69.1 cm³/mol. The highest BCUT2D eigenvalue weighted by molar-refractivity contribution is 9.18. The van der Waals surface area contributed by atoms with Gasteiger partial charge in [0.05, 0.1) is 21.3 Å². The van der Waals surface area contributed by atoms with Crippen LogP contribution in [0.25, 0.3) is 6.08 Å². The highest BCUT2D eigenvalue weighted by Crippen LogP contribution is 2.38. The third kappa shape index (κ3) is 3.49. The lowest BCUT2D eigenvalue weighted by atomic mass is 10.1. The van der Waals surface area contributed by atoms with Gasteiger partial charge in [-0.1, -0.05) is 6.08 Å². The van der Waals surface area contributed by atoms with Gasteiger partial charge in [-0.15, -0.1) is 0 Å². The number of hydrogen-bond acceptors (Lipinski definition) is 4. The fraction of sp³-hybridized carbons (Fsp3) is 0.250. The molecule has 1 aromatic carbocycles. The number of carbonyl (C=O) groups excluding carboxylic acids is 1. The Morgan fingerprint density at radius 2 is 1.65 bits per heavy atom. The first-order chi connectivity index (χ1) is 8.12. The second-order valence-electron chi connectivity index (χ2n) is 3.10.